The molecule has 0 bridgehead atoms. The molecule has 0 aliphatic heterocycles. The number of thiophene rings is 1. The van der Waals surface area contributed by atoms with Crippen LogP contribution < -0.4 is 5.32 Å². The molecule has 1 aliphatic rings. The maximum atomic E-state index is 12.2. The number of thiazole rings is 1. The molecule has 8 heteroatoms. The average molecular weight is 337 g/mol. The highest BCUT2D eigenvalue weighted by molar-refractivity contribution is 7.16. The lowest BCUT2D eigenvalue weighted by Crippen LogP contribution is -2.24. The van der Waals surface area contributed by atoms with Crippen molar-refractivity contribution in [1.82, 2.24) is 4.98 Å². The van der Waals surface area contributed by atoms with E-state index in [-0.39, 0.29) is 17.5 Å². The number of amides is 1. The van der Waals surface area contributed by atoms with Crippen LogP contribution in [0.2, 0.25) is 0 Å². The van der Waals surface area contributed by atoms with Gasteiger partial charge in [0.1, 0.15) is 0 Å². The van der Waals surface area contributed by atoms with Crippen LogP contribution in [-0.4, -0.2) is 15.8 Å². The Balaban J connectivity index is 1.67. The Morgan fingerprint density at radius 2 is 2.05 bits per heavy atom. The van der Waals surface area contributed by atoms with Gasteiger partial charge in [-0.2, -0.15) is 0 Å². The van der Waals surface area contributed by atoms with Gasteiger partial charge in [0.2, 0.25) is 5.91 Å². The summed E-state index contributed by atoms with van der Waals surface area (Å²) in [5.41, 5.74) is 0.739. The summed E-state index contributed by atoms with van der Waals surface area (Å²) in [4.78, 5) is 27.6. The van der Waals surface area contributed by atoms with Crippen LogP contribution in [0.4, 0.5) is 10.8 Å². The van der Waals surface area contributed by atoms with Gasteiger partial charge >= 0.3 is 0 Å². The number of nitrogens with one attached hydrogen (secondary N) is 1. The van der Waals surface area contributed by atoms with Crippen LogP contribution in [0, 0.1) is 16.0 Å². The highest BCUT2D eigenvalue weighted by atomic mass is 32.1. The minimum absolute atomic E-state index is 0.0396. The van der Waals surface area contributed by atoms with Crippen LogP contribution in [0.25, 0.3) is 10.6 Å². The number of nitrogens with zero attached hydrogens (tertiary/aromatic N) is 2. The van der Waals surface area contributed by atoms with Crippen molar-refractivity contribution >= 4 is 39.4 Å². The first-order valence-electron chi connectivity index (χ1n) is 7.13. The van der Waals surface area contributed by atoms with Gasteiger partial charge in [0.25, 0.3) is 5.69 Å². The van der Waals surface area contributed by atoms with Gasteiger partial charge in [-0.1, -0.05) is 19.3 Å². The van der Waals surface area contributed by atoms with Gasteiger partial charge in [-0.05, 0) is 12.8 Å². The Hall–Kier alpha value is -1.80. The molecular formula is C14H15N3O3S2. The Bertz CT molecular complexity index is 689. The molecule has 0 spiro atoms. The Labute approximate surface area is 135 Å². The molecule has 0 saturated heterocycles. The molecule has 1 N–H and O–H groups in total. The van der Waals surface area contributed by atoms with E-state index in [1.54, 1.807) is 0 Å². The molecule has 2 aromatic heterocycles. The number of nitro groups is 1. The molecule has 0 radical (unpaired) electrons. The summed E-state index contributed by atoms with van der Waals surface area (Å²) in [5, 5.41) is 17.4. The van der Waals surface area contributed by atoms with E-state index in [0.717, 1.165) is 30.6 Å². The number of carbonyl (C=O) groups is 1. The third-order valence-electron chi connectivity index (χ3n) is 3.76. The molecule has 1 amide bonds. The molecule has 1 fully saturated rings. The van der Waals surface area contributed by atoms with E-state index in [1.807, 2.05) is 5.38 Å². The van der Waals surface area contributed by atoms with Gasteiger partial charge in [-0.25, -0.2) is 4.98 Å². The van der Waals surface area contributed by atoms with Crippen LogP contribution in [0.5, 0.6) is 0 Å². The maximum Gasteiger partial charge on any atom is 0.280 e. The summed E-state index contributed by atoms with van der Waals surface area (Å²) in [6.45, 7) is 0. The van der Waals surface area contributed by atoms with Crippen LogP contribution in [0.15, 0.2) is 16.8 Å². The van der Waals surface area contributed by atoms with Crippen molar-refractivity contribution in [2.45, 2.75) is 32.1 Å². The number of carbonyl (C=O) groups excluding carboxylic acids is 1. The molecule has 6 nitrogen and oxygen atoms in total. The quantitative estimate of drug-likeness (QED) is 0.666. The first kappa shape index (κ1) is 15.1. The third kappa shape index (κ3) is 3.33. The lowest BCUT2D eigenvalue weighted by Gasteiger charge is -2.19. The topological polar surface area (TPSA) is 85.1 Å². The number of anilines is 1. The Morgan fingerprint density at radius 3 is 2.73 bits per heavy atom. The van der Waals surface area contributed by atoms with Gasteiger partial charge in [0.05, 0.1) is 20.9 Å². The maximum absolute atomic E-state index is 12.2. The molecule has 0 aromatic carbocycles. The predicted octanol–water partition coefficient (Wildman–Crippen LogP) is 4.30. The first-order chi connectivity index (χ1) is 10.6. The van der Waals surface area contributed by atoms with E-state index >= 15 is 0 Å². The fourth-order valence-electron chi connectivity index (χ4n) is 2.57. The smallest absolute Gasteiger partial charge is 0.280 e. The summed E-state index contributed by atoms with van der Waals surface area (Å²) in [7, 11) is 0. The number of rotatable bonds is 4. The first-order valence-corrected chi connectivity index (χ1v) is 8.89. The van der Waals surface area contributed by atoms with E-state index in [0.29, 0.717) is 10.8 Å². The predicted molar refractivity (Wildman–Crippen MR) is 87.3 cm³/mol. The van der Waals surface area contributed by atoms with Gasteiger partial charge < -0.3 is 5.32 Å². The molecule has 0 atom stereocenters. The Morgan fingerprint density at radius 1 is 1.27 bits per heavy atom. The second-order valence-electron chi connectivity index (χ2n) is 5.29. The fraction of sp³-hybridized carbons (Fsp3) is 0.429. The summed E-state index contributed by atoms with van der Waals surface area (Å²) in [6, 6.07) is 1.51. The zero-order chi connectivity index (χ0) is 15.5. The normalized spacial score (nSPS) is 15.6. The summed E-state index contributed by atoms with van der Waals surface area (Å²) in [5.74, 6) is 0.127. The van der Waals surface area contributed by atoms with Crippen molar-refractivity contribution in [2.24, 2.45) is 5.92 Å². The van der Waals surface area contributed by atoms with Crippen LogP contribution in [-0.2, 0) is 4.79 Å². The summed E-state index contributed by atoms with van der Waals surface area (Å²) in [6.07, 6.45) is 5.32. The van der Waals surface area contributed by atoms with Gasteiger partial charge in [-0.3, -0.25) is 14.9 Å². The number of hydrogen-bond donors (Lipinski definition) is 1. The summed E-state index contributed by atoms with van der Waals surface area (Å²) >= 11 is 2.63. The second kappa shape index (κ2) is 6.53. The van der Waals surface area contributed by atoms with E-state index < -0.39 is 4.92 Å². The van der Waals surface area contributed by atoms with Crippen molar-refractivity contribution in [1.29, 1.82) is 0 Å². The number of aromatic nitrogens is 1. The van der Waals surface area contributed by atoms with E-state index in [4.69, 9.17) is 0 Å². The average Bonchev–Trinajstić information content (AvgIpc) is 3.16. The zero-order valence-corrected chi connectivity index (χ0v) is 13.4. The fourth-order valence-corrected chi connectivity index (χ4v) is 4.18. The highest BCUT2D eigenvalue weighted by Crippen LogP contribution is 2.33. The SMILES string of the molecule is O=C(Nc1nc(-c2cc([N+](=O)[O-])cs2)cs1)C1CCCCC1. The molecule has 3 rings (SSSR count). The van der Waals surface area contributed by atoms with Crippen LogP contribution in [0.3, 0.4) is 0 Å². The Kier molecular flexibility index (Phi) is 4.49. The van der Waals surface area contributed by atoms with E-state index in [1.165, 1.54) is 40.5 Å². The van der Waals surface area contributed by atoms with Gasteiger partial charge in [0.15, 0.2) is 5.13 Å². The molecule has 1 aliphatic carbocycles. The second-order valence-corrected chi connectivity index (χ2v) is 7.06. The van der Waals surface area contributed by atoms with E-state index in [2.05, 4.69) is 10.3 Å². The lowest BCUT2D eigenvalue weighted by molar-refractivity contribution is -0.384. The van der Waals surface area contributed by atoms with Crippen molar-refractivity contribution < 1.29 is 9.72 Å². The van der Waals surface area contributed by atoms with Crippen LogP contribution >= 0.6 is 22.7 Å². The van der Waals surface area contributed by atoms with Gasteiger partial charge in [-0.15, -0.1) is 22.7 Å². The molecule has 0 unspecified atom stereocenters. The lowest BCUT2D eigenvalue weighted by atomic mass is 9.89. The van der Waals surface area contributed by atoms with Crippen molar-refractivity contribution in [2.75, 3.05) is 5.32 Å². The van der Waals surface area contributed by atoms with E-state index in [9.17, 15) is 14.9 Å². The zero-order valence-electron chi connectivity index (χ0n) is 11.8. The van der Waals surface area contributed by atoms with Gasteiger partial charge in [0, 0.05) is 17.4 Å². The molecular weight excluding hydrogens is 322 g/mol. The molecule has 1 saturated carbocycles. The standard InChI is InChI=1S/C14H15N3O3S2/c18-13(9-4-2-1-3-5-9)16-14-15-11(8-22-14)12-6-10(7-21-12)17(19)20/h6-9H,1-5H2,(H,15,16,18). The number of hydrogen-bond acceptors (Lipinski definition) is 6. The third-order valence-corrected chi connectivity index (χ3v) is 5.46. The minimum Gasteiger partial charge on any atom is -0.302 e. The molecule has 116 valence electrons. The highest BCUT2D eigenvalue weighted by Gasteiger charge is 2.22. The summed E-state index contributed by atoms with van der Waals surface area (Å²) < 4.78 is 0. The van der Waals surface area contributed by atoms with Crippen molar-refractivity contribution in [3.8, 4) is 10.6 Å². The largest absolute Gasteiger partial charge is 0.302 e. The molecule has 22 heavy (non-hydrogen) atoms. The minimum atomic E-state index is -0.419. The molecule has 2 aromatic rings. The van der Waals surface area contributed by atoms with Crippen molar-refractivity contribution in [3.05, 3.63) is 26.9 Å². The van der Waals surface area contributed by atoms with Crippen LogP contribution in [0.1, 0.15) is 32.1 Å². The monoisotopic (exact) mass is 337 g/mol. The molecule has 2 heterocycles. The van der Waals surface area contributed by atoms with Crippen molar-refractivity contribution in [3.63, 3.8) is 0 Å².